The average Bonchev–Trinajstić information content (AvgIpc) is 4.09. The molecule has 2 heteroatoms. The van der Waals surface area contributed by atoms with Crippen molar-refractivity contribution >= 4 is 0 Å². The fraction of sp³-hybridized carbons (Fsp3) is 0.846. The number of hydrogen-bond donors (Lipinski definition) is 0. The molecule has 2 nitrogen and oxygen atoms in total. The van der Waals surface area contributed by atoms with E-state index in [9.17, 15) is 0 Å². The summed E-state index contributed by atoms with van der Waals surface area (Å²) in [5.74, 6) is 3.32. The van der Waals surface area contributed by atoms with Crippen LogP contribution in [-0.2, 0) is 15.9 Å². The van der Waals surface area contributed by atoms with E-state index in [0.29, 0.717) is 24.0 Å². The quantitative estimate of drug-likeness (QED) is 0.0896. The van der Waals surface area contributed by atoms with Crippen molar-refractivity contribution in [3.63, 3.8) is 0 Å². The van der Waals surface area contributed by atoms with Gasteiger partial charge in [-0.05, 0) is 72.2 Å². The van der Waals surface area contributed by atoms with E-state index in [1.807, 2.05) is 0 Å². The zero-order chi connectivity index (χ0) is 42.3. The van der Waals surface area contributed by atoms with Crippen LogP contribution in [0, 0.1) is 34.5 Å². The molecule has 0 radical (unpaired) electrons. The minimum absolute atomic E-state index is 0.639. The number of unbranched alkanes of at least 4 members (excludes halogenated alkanes) is 4. The Hall–Kier alpha value is -1.12. The van der Waals surface area contributed by atoms with Crippen LogP contribution in [0.15, 0.2) is 43.0 Å². The third-order valence-electron chi connectivity index (χ3n) is 11.2. The molecule has 0 N–H and O–H groups in total. The van der Waals surface area contributed by atoms with Crippen LogP contribution in [0.4, 0.5) is 0 Å². The van der Waals surface area contributed by atoms with Crippen molar-refractivity contribution in [3.05, 3.63) is 48.6 Å². The van der Waals surface area contributed by atoms with Gasteiger partial charge in [-0.3, -0.25) is 0 Å². The maximum atomic E-state index is 5.22. The van der Waals surface area contributed by atoms with Crippen LogP contribution < -0.4 is 0 Å². The largest absolute Gasteiger partial charge is 0.377 e. The first-order valence-electron chi connectivity index (χ1n) is 23.5. The van der Waals surface area contributed by atoms with Crippen molar-refractivity contribution in [2.24, 2.45) is 34.5 Å². The monoisotopic (exact) mass is 761 g/mol. The van der Waals surface area contributed by atoms with E-state index in [2.05, 4.69) is 155 Å². The molecule has 2 aliphatic carbocycles. The number of ether oxygens (including phenoxy) is 2. The molecule has 3 unspecified atom stereocenters. The molecule has 0 bridgehead atoms. The zero-order valence-electron chi connectivity index (χ0n) is 40.5. The van der Waals surface area contributed by atoms with Crippen LogP contribution in [0.3, 0.4) is 0 Å². The molecule has 3 fully saturated rings. The molecule has 54 heavy (non-hydrogen) atoms. The molecule has 3 atom stereocenters. The molecule has 1 aliphatic heterocycles. The highest BCUT2D eigenvalue weighted by atomic mass is 16.6. The highest BCUT2D eigenvalue weighted by molar-refractivity contribution is 5.14. The summed E-state index contributed by atoms with van der Waals surface area (Å²) in [5.41, 5.74) is 2.89. The van der Waals surface area contributed by atoms with E-state index in [0.717, 1.165) is 36.4 Å². The molecule has 1 aromatic carbocycles. The number of epoxide rings is 1. The van der Waals surface area contributed by atoms with Crippen LogP contribution >= 0.6 is 0 Å². The second-order valence-electron chi connectivity index (χ2n) is 17.6. The Morgan fingerprint density at radius 2 is 1.11 bits per heavy atom. The first-order chi connectivity index (χ1) is 25.6. The van der Waals surface area contributed by atoms with E-state index < -0.39 is 0 Å². The molecule has 0 amide bonds. The molecule has 1 aromatic rings. The molecule has 4 rings (SSSR count). The third kappa shape index (κ3) is 47.0. The Bertz CT molecular complexity index is 823. The summed E-state index contributed by atoms with van der Waals surface area (Å²) < 4.78 is 10.4. The summed E-state index contributed by atoms with van der Waals surface area (Å²) in [6, 6.07) is 10.7. The Balaban J connectivity index is -0.000000270. The lowest BCUT2D eigenvalue weighted by Gasteiger charge is -2.06. The van der Waals surface area contributed by atoms with Crippen LogP contribution in [0.1, 0.15) is 226 Å². The van der Waals surface area contributed by atoms with Gasteiger partial charge in [0.2, 0.25) is 0 Å². The summed E-state index contributed by atoms with van der Waals surface area (Å²) >= 11 is 0. The van der Waals surface area contributed by atoms with Crippen molar-refractivity contribution in [1.29, 1.82) is 0 Å². The predicted molar refractivity (Wildman–Crippen MR) is 250 cm³/mol. The fourth-order valence-electron chi connectivity index (χ4n) is 3.96. The first kappa shape index (κ1) is 59.6. The van der Waals surface area contributed by atoms with Gasteiger partial charge in [-0.25, -0.2) is 0 Å². The lowest BCUT2D eigenvalue weighted by molar-refractivity contribution is 0.127. The molecular weight excluding hydrogens is 657 g/mol. The maximum Gasteiger partial charge on any atom is 0.0863 e. The van der Waals surface area contributed by atoms with Gasteiger partial charge in [0.25, 0.3) is 0 Å². The van der Waals surface area contributed by atoms with Crippen LogP contribution in [0.25, 0.3) is 0 Å². The molecule has 1 heterocycles. The van der Waals surface area contributed by atoms with Gasteiger partial charge in [0.1, 0.15) is 0 Å². The zero-order valence-corrected chi connectivity index (χ0v) is 40.5. The third-order valence-corrected chi connectivity index (χ3v) is 11.2. The predicted octanol–water partition coefficient (Wildman–Crippen LogP) is 17.8. The Morgan fingerprint density at radius 1 is 0.667 bits per heavy atom. The summed E-state index contributed by atoms with van der Waals surface area (Å²) in [6.07, 6.45) is 25.4. The van der Waals surface area contributed by atoms with E-state index in [-0.39, 0.29) is 0 Å². The molecule has 3 aliphatic rings. The second kappa shape index (κ2) is 41.5. The first-order valence-corrected chi connectivity index (χ1v) is 23.5. The van der Waals surface area contributed by atoms with Crippen molar-refractivity contribution in [2.75, 3.05) is 19.8 Å². The van der Waals surface area contributed by atoms with Crippen molar-refractivity contribution in [3.8, 4) is 0 Å². The van der Waals surface area contributed by atoms with Gasteiger partial charge < -0.3 is 9.47 Å². The number of benzene rings is 1. The van der Waals surface area contributed by atoms with Gasteiger partial charge in [-0.2, -0.15) is 0 Å². The highest BCUT2D eigenvalue weighted by Gasteiger charge is 2.51. The number of hydrogen-bond acceptors (Lipinski definition) is 2. The molecule has 2 saturated carbocycles. The molecular formula is C52H104O2. The summed E-state index contributed by atoms with van der Waals surface area (Å²) in [5, 5.41) is 0. The van der Waals surface area contributed by atoms with E-state index in [1.165, 1.54) is 115 Å². The Kier molecular flexibility index (Phi) is 45.8. The summed E-state index contributed by atoms with van der Waals surface area (Å²) in [4.78, 5) is 0. The average molecular weight is 761 g/mol. The molecule has 1 saturated heterocycles. The standard InChI is InChI=1S/C11H16.C8H16O.C6H10O.C6H12.2C6H14.C5H12.C4H10/c1-3-10(2)9-11-7-5-4-6-8-11;1-4-6-9-7-8(3)5-2;1-6(2-3-6)5-4-7-5;1-3-6(2)4-5-6;1-4-6(3)5-2;1-3-5-6-4-2;1-4-5(2)3;1-3-4-2/h4-8,10H,3,9H2,1-2H3;4,8H,1,5-7H2,2-3H3;5H,2-4H2,1H3;3-5H2,1-2H3;6H,4-5H2,1-3H3;3-6H2,1-2H3;5H,4H2,1-3H3;3-4H2,1-2H3. The van der Waals surface area contributed by atoms with Crippen molar-refractivity contribution < 1.29 is 9.47 Å². The fourth-order valence-corrected chi connectivity index (χ4v) is 3.96. The normalized spacial score (nSPS) is 17.0. The van der Waals surface area contributed by atoms with E-state index in [4.69, 9.17) is 9.47 Å². The summed E-state index contributed by atoms with van der Waals surface area (Å²) in [6.45, 7) is 44.2. The van der Waals surface area contributed by atoms with Crippen molar-refractivity contribution in [2.45, 2.75) is 233 Å². The van der Waals surface area contributed by atoms with Gasteiger partial charge in [0, 0.05) is 6.61 Å². The minimum atomic E-state index is 0.639. The molecule has 324 valence electrons. The lowest BCUT2D eigenvalue weighted by Crippen LogP contribution is -2.03. The number of rotatable bonds is 17. The van der Waals surface area contributed by atoms with Gasteiger partial charge in [-0.1, -0.05) is 231 Å². The van der Waals surface area contributed by atoms with Gasteiger partial charge in [-0.15, -0.1) is 6.58 Å². The van der Waals surface area contributed by atoms with Gasteiger partial charge >= 0.3 is 0 Å². The Morgan fingerprint density at radius 3 is 1.33 bits per heavy atom. The van der Waals surface area contributed by atoms with Gasteiger partial charge in [0.05, 0.1) is 19.3 Å². The molecule has 0 spiro atoms. The second-order valence-corrected chi connectivity index (χ2v) is 17.6. The Labute approximate surface area is 344 Å². The lowest BCUT2D eigenvalue weighted by atomic mass is 9.99. The minimum Gasteiger partial charge on any atom is -0.377 e. The van der Waals surface area contributed by atoms with E-state index in [1.54, 1.807) is 6.08 Å². The van der Waals surface area contributed by atoms with Crippen LogP contribution in [0.2, 0.25) is 0 Å². The van der Waals surface area contributed by atoms with Gasteiger partial charge in [0.15, 0.2) is 0 Å². The highest BCUT2D eigenvalue weighted by Crippen LogP contribution is 2.53. The smallest absolute Gasteiger partial charge is 0.0863 e. The maximum absolute atomic E-state index is 5.22. The SMILES string of the molecule is C=CCOCC(C)CC.CC1(C2CO2)CC1.CCC(C)C.CCC(C)CC.CCC(C)Cc1ccccc1.CCC1(C)CC1.CCCC.CCCCCC. The summed E-state index contributed by atoms with van der Waals surface area (Å²) in [7, 11) is 0. The van der Waals surface area contributed by atoms with Crippen LogP contribution in [0.5, 0.6) is 0 Å². The van der Waals surface area contributed by atoms with Crippen LogP contribution in [-0.4, -0.2) is 25.9 Å². The topological polar surface area (TPSA) is 21.8 Å². The molecule has 0 aromatic heterocycles. The van der Waals surface area contributed by atoms with Crippen molar-refractivity contribution in [1.82, 2.24) is 0 Å². The van der Waals surface area contributed by atoms with E-state index >= 15 is 0 Å².